The van der Waals surface area contributed by atoms with Gasteiger partial charge in [0.2, 0.25) is 5.91 Å². The number of halogens is 1. The molecule has 144 valence electrons. The molecule has 2 saturated heterocycles. The minimum Gasteiger partial charge on any atom is -0.351 e. The number of sulfone groups is 1. The van der Waals surface area contributed by atoms with Crippen LogP contribution in [0.15, 0.2) is 29.2 Å². The van der Waals surface area contributed by atoms with Gasteiger partial charge in [0.1, 0.15) is 16.2 Å². The van der Waals surface area contributed by atoms with E-state index >= 15 is 0 Å². The molecule has 0 radical (unpaired) electrons. The Balaban J connectivity index is 1.73. The molecule has 0 saturated carbocycles. The van der Waals surface area contributed by atoms with Gasteiger partial charge in [0.05, 0.1) is 16.4 Å². The number of nitrogens with one attached hydrogen (secondary N) is 1. The molecule has 3 rings (SSSR count). The number of nitrogens with zero attached hydrogens (tertiary/aromatic N) is 1. The van der Waals surface area contributed by atoms with Crippen LogP contribution in [0.5, 0.6) is 0 Å². The molecule has 2 atom stereocenters. The van der Waals surface area contributed by atoms with Crippen LogP contribution in [-0.4, -0.2) is 53.0 Å². The van der Waals surface area contributed by atoms with Gasteiger partial charge < -0.3 is 5.32 Å². The van der Waals surface area contributed by atoms with Crippen LogP contribution in [0.25, 0.3) is 6.08 Å². The summed E-state index contributed by atoms with van der Waals surface area (Å²) < 4.78 is 37.1. The predicted octanol–water partition coefficient (Wildman–Crippen LogP) is 1.72. The first-order valence-electron chi connectivity index (χ1n) is 8.20. The second-order valence-corrected chi connectivity index (χ2v) is 10.3. The van der Waals surface area contributed by atoms with Crippen LogP contribution in [0.1, 0.15) is 18.9 Å². The average molecular weight is 429 g/mol. The second-order valence-electron chi connectivity index (χ2n) is 6.36. The highest BCUT2D eigenvalue weighted by Crippen LogP contribution is 2.34. The third kappa shape index (κ3) is 4.39. The van der Waals surface area contributed by atoms with E-state index in [1.54, 1.807) is 18.2 Å². The Hall–Kier alpha value is -1.78. The van der Waals surface area contributed by atoms with E-state index in [0.717, 1.165) is 11.8 Å². The Morgan fingerprint density at radius 2 is 2.15 bits per heavy atom. The Labute approximate surface area is 166 Å². The molecule has 2 aliphatic heterocycles. The van der Waals surface area contributed by atoms with Crippen LogP contribution < -0.4 is 5.32 Å². The highest BCUT2D eigenvalue weighted by molar-refractivity contribution is 8.26. The fourth-order valence-electron chi connectivity index (χ4n) is 2.89. The number of hydrogen-bond donors (Lipinski definition) is 1. The molecule has 2 fully saturated rings. The van der Waals surface area contributed by atoms with Crippen LogP contribution in [0.3, 0.4) is 0 Å². The number of carbonyl (C=O) groups is 2. The number of benzene rings is 1. The van der Waals surface area contributed by atoms with E-state index in [4.69, 9.17) is 12.2 Å². The minimum absolute atomic E-state index is 0.0404. The molecule has 2 unspecified atom stereocenters. The molecule has 2 aliphatic rings. The largest absolute Gasteiger partial charge is 0.351 e. The zero-order chi connectivity index (χ0) is 19.8. The molecule has 2 heterocycles. The van der Waals surface area contributed by atoms with Crippen molar-refractivity contribution < 1.29 is 22.4 Å². The zero-order valence-corrected chi connectivity index (χ0v) is 16.8. The molecule has 1 aromatic carbocycles. The lowest BCUT2D eigenvalue weighted by Gasteiger charge is -2.23. The van der Waals surface area contributed by atoms with Crippen molar-refractivity contribution in [3.05, 3.63) is 40.6 Å². The Bertz CT molecular complexity index is 945. The maximum absolute atomic E-state index is 13.8. The van der Waals surface area contributed by atoms with Gasteiger partial charge in [-0.25, -0.2) is 12.8 Å². The Kier molecular flexibility index (Phi) is 5.68. The topological polar surface area (TPSA) is 83.6 Å². The summed E-state index contributed by atoms with van der Waals surface area (Å²) in [6.45, 7) is 1.52. The molecule has 2 amide bonds. The summed E-state index contributed by atoms with van der Waals surface area (Å²) in [4.78, 5) is 26.5. The number of rotatable bonds is 4. The number of hydrogen-bond acceptors (Lipinski definition) is 6. The lowest BCUT2D eigenvalue weighted by molar-refractivity contribution is -0.132. The van der Waals surface area contributed by atoms with E-state index in [9.17, 15) is 22.4 Å². The molecule has 10 heteroatoms. The molecule has 0 bridgehead atoms. The standard InChI is InChI=1S/C17H17FN2O4S3/c1-10(15(21)19-12-6-7-27(23,24)9-12)20-16(22)14(26-17(20)25)8-11-4-2-3-5-13(11)18/h2-5,8,10,12H,6-7,9H2,1H3,(H,19,21). The predicted molar refractivity (Wildman–Crippen MR) is 106 cm³/mol. The van der Waals surface area contributed by atoms with Gasteiger partial charge in [0.25, 0.3) is 5.91 Å². The first kappa shape index (κ1) is 20.0. The second kappa shape index (κ2) is 7.69. The minimum atomic E-state index is -3.12. The molecule has 6 nitrogen and oxygen atoms in total. The summed E-state index contributed by atoms with van der Waals surface area (Å²) in [5.74, 6) is -1.47. The molecular weight excluding hydrogens is 411 g/mol. The monoisotopic (exact) mass is 428 g/mol. The average Bonchev–Trinajstić information content (AvgIpc) is 3.07. The van der Waals surface area contributed by atoms with Crippen LogP contribution >= 0.6 is 24.0 Å². The van der Waals surface area contributed by atoms with Crippen molar-refractivity contribution in [3.63, 3.8) is 0 Å². The van der Waals surface area contributed by atoms with E-state index in [0.29, 0.717) is 6.42 Å². The number of amides is 2. The Morgan fingerprint density at radius 3 is 2.78 bits per heavy atom. The molecule has 0 spiro atoms. The van der Waals surface area contributed by atoms with Crippen molar-refractivity contribution >= 4 is 56.0 Å². The van der Waals surface area contributed by atoms with Gasteiger partial charge >= 0.3 is 0 Å². The lowest BCUT2D eigenvalue weighted by Crippen LogP contribution is -2.50. The van der Waals surface area contributed by atoms with Crippen molar-refractivity contribution in [2.24, 2.45) is 0 Å². The molecule has 27 heavy (non-hydrogen) atoms. The van der Waals surface area contributed by atoms with Crippen molar-refractivity contribution in [1.82, 2.24) is 10.2 Å². The summed E-state index contributed by atoms with van der Waals surface area (Å²) in [6, 6.07) is 4.68. The summed E-state index contributed by atoms with van der Waals surface area (Å²) >= 11 is 6.22. The molecule has 0 aromatic heterocycles. The van der Waals surface area contributed by atoms with E-state index in [-0.39, 0.29) is 26.3 Å². The highest BCUT2D eigenvalue weighted by Gasteiger charge is 2.39. The maximum atomic E-state index is 13.8. The quantitative estimate of drug-likeness (QED) is 0.581. The van der Waals surface area contributed by atoms with Gasteiger partial charge in [-0.2, -0.15) is 0 Å². The van der Waals surface area contributed by atoms with Gasteiger partial charge in [0.15, 0.2) is 9.84 Å². The first-order chi connectivity index (χ1) is 12.7. The first-order valence-corrected chi connectivity index (χ1v) is 11.2. The van der Waals surface area contributed by atoms with Crippen molar-refractivity contribution in [2.75, 3.05) is 11.5 Å². The number of thiocarbonyl (C=S) groups is 1. The summed E-state index contributed by atoms with van der Waals surface area (Å²) in [7, 11) is -3.12. The normalized spacial score (nSPS) is 24.4. The smallest absolute Gasteiger partial charge is 0.266 e. The van der Waals surface area contributed by atoms with Crippen molar-refractivity contribution in [2.45, 2.75) is 25.4 Å². The number of carbonyl (C=O) groups excluding carboxylic acids is 2. The lowest BCUT2D eigenvalue weighted by atomic mass is 10.2. The summed E-state index contributed by atoms with van der Waals surface area (Å²) in [5, 5.41) is 2.67. The molecular formula is C17H17FN2O4S3. The van der Waals surface area contributed by atoms with Gasteiger partial charge in [-0.3, -0.25) is 14.5 Å². The van der Waals surface area contributed by atoms with Crippen LogP contribution in [-0.2, 0) is 19.4 Å². The fourth-order valence-corrected chi connectivity index (χ4v) is 5.98. The zero-order valence-electron chi connectivity index (χ0n) is 14.3. The van der Waals surface area contributed by atoms with Gasteiger partial charge in [-0.1, -0.05) is 42.2 Å². The SMILES string of the molecule is CC(C(=O)NC1CCS(=O)(=O)C1)N1C(=O)C(=Cc2ccccc2F)SC1=S. The van der Waals surface area contributed by atoms with Crippen molar-refractivity contribution in [1.29, 1.82) is 0 Å². The molecule has 1 aromatic rings. The molecule has 0 aliphatic carbocycles. The van der Waals surface area contributed by atoms with E-state index < -0.39 is 39.6 Å². The van der Waals surface area contributed by atoms with Gasteiger partial charge in [-0.05, 0) is 25.5 Å². The van der Waals surface area contributed by atoms with Crippen LogP contribution in [0, 0.1) is 5.82 Å². The highest BCUT2D eigenvalue weighted by atomic mass is 32.2. The van der Waals surface area contributed by atoms with Crippen molar-refractivity contribution in [3.8, 4) is 0 Å². The van der Waals surface area contributed by atoms with E-state index in [1.807, 2.05) is 0 Å². The maximum Gasteiger partial charge on any atom is 0.266 e. The third-order valence-corrected chi connectivity index (χ3v) is 7.46. The summed E-state index contributed by atoms with van der Waals surface area (Å²) in [5.41, 5.74) is 0.256. The third-order valence-electron chi connectivity index (χ3n) is 4.36. The van der Waals surface area contributed by atoms with Crippen LogP contribution in [0.2, 0.25) is 0 Å². The van der Waals surface area contributed by atoms with E-state index in [1.165, 1.54) is 24.0 Å². The van der Waals surface area contributed by atoms with Gasteiger partial charge in [-0.15, -0.1) is 0 Å². The fraction of sp³-hybridized carbons (Fsp3) is 0.353. The van der Waals surface area contributed by atoms with Gasteiger partial charge in [0, 0.05) is 11.6 Å². The molecule has 1 N–H and O–H groups in total. The number of thioether (sulfide) groups is 1. The summed E-state index contributed by atoms with van der Waals surface area (Å²) in [6.07, 6.45) is 1.76. The van der Waals surface area contributed by atoms with E-state index in [2.05, 4.69) is 5.32 Å². The van der Waals surface area contributed by atoms with Crippen LogP contribution in [0.4, 0.5) is 4.39 Å². The Morgan fingerprint density at radius 1 is 1.44 bits per heavy atom.